The zero-order chi connectivity index (χ0) is 15.2. The van der Waals surface area contributed by atoms with Gasteiger partial charge in [-0.2, -0.15) is 0 Å². The van der Waals surface area contributed by atoms with Crippen LogP contribution in [0.1, 0.15) is 37.7 Å². The van der Waals surface area contributed by atoms with Gasteiger partial charge in [0.25, 0.3) is 0 Å². The topological polar surface area (TPSA) is 0 Å². The van der Waals surface area contributed by atoms with Gasteiger partial charge in [-0.1, -0.05) is 55.3 Å². The van der Waals surface area contributed by atoms with Gasteiger partial charge in [-0.3, -0.25) is 0 Å². The van der Waals surface area contributed by atoms with Crippen LogP contribution < -0.4 is 0 Å². The fraction of sp³-hybridized carbons (Fsp3) is 0.273. The van der Waals surface area contributed by atoms with Crippen LogP contribution in [0.4, 0.5) is 0 Å². The van der Waals surface area contributed by atoms with E-state index in [1.54, 1.807) is 0 Å². The molecule has 0 unspecified atom stereocenters. The van der Waals surface area contributed by atoms with E-state index in [1.807, 2.05) is 0 Å². The summed E-state index contributed by atoms with van der Waals surface area (Å²) in [5.41, 5.74) is 1.47. The third kappa shape index (κ3) is 3.31. The maximum Gasteiger partial charge on any atom is 0.00860 e. The average molecular weight is 286 g/mol. The monoisotopic (exact) mass is 286 g/mol. The number of hydrogen-bond donors (Lipinski definition) is 0. The Labute approximate surface area is 133 Å². The molecule has 0 atom stereocenters. The summed E-state index contributed by atoms with van der Waals surface area (Å²) in [5.74, 6) is 2.72. The summed E-state index contributed by atoms with van der Waals surface area (Å²) in [5, 5.41) is 5.41. The van der Waals surface area contributed by atoms with E-state index in [0.29, 0.717) is 0 Å². The fourth-order valence-electron chi connectivity index (χ4n) is 3.15. The van der Waals surface area contributed by atoms with Crippen LogP contribution in [0.2, 0.25) is 0 Å². The fourth-order valence-corrected chi connectivity index (χ4v) is 3.15. The Morgan fingerprint density at radius 1 is 0.727 bits per heavy atom. The zero-order valence-corrected chi connectivity index (χ0v) is 13.0. The largest absolute Gasteiger partial charge is 0.120 e. The van der Waals surface area contributed by atoms with Crippen LogP contribution in [0.15, 0.2) is 54.6 Å². The van der Waals surface area contributed by atoms with Crippen molar-refractivity contribution in [1.29, 1.82) is 0 Å². The van der Waals surface area contributed by atoms with Crippen molar-refractivity contribution >= 4 is 21.5 Å². The first-order valence-corrected chi connectivity index (χ1v) is 8.22. The van der Waals surface area contributed by atoms with Crippen LogP contribution in [0.5, 0.6) is 0 Å². The number of aryl methyl sites for hydroxylation is 1. The highest BCUT2D eigenvalue weighted by atomic mass is 14.1. The number of hydrogen-bond acceptors (Lipinski definition) is 0. The lowest BCUT2D eigenvalue weighted by atomic mass is 9.96. The first kappa shape index (κ1) is 14.7. The van der Waals surface area contributed by atoms with Crippen LogP contribution in [-0.2, 0) is 6.42 Å². The molecule has 0 amide bonds. The van der Waals surface area contributed by atoms with Gasteiger partial charge in [-0.05, 0) is 58.5 Å². The van der Waals surface area contributed by atoms with Crippen LogP contribution in [0, 0.1) is 12.3 Å². The lowest BCUT2D eigenvalue weighted by molar-refractivity contribution is 0.651. The van der Waals surface area contributed by atoms with Gasteiger partial charge in [-0.25, -0.2) is 0 Å². The maximum absolute atomic E-state index is 5.29. The number of unbranched alkanes of at least 4 members (excludes halogenated alkanes) is 4. The van der Waals surface area contributed by atoms with E-state index in [0.717, 1.165) is 19.3 Å². The predicted octanol–water partition coefficient (Wildman–Crippen LogP) is 6.12. The highest BCUT2D eigenvalue weighted by Gasteiger charge is 2.03. The molecule has 0 radical (unpaired) electrons. The van der Waals surface area contributed by atoms with Gasteiger partial charge in [0.05, 0.1) is 0 Å². The van der Waals surface area contributed by atoms with Crippen molar-refractivity contribution in [3.05, 3.63) is 60.2 Å². The van der Waals surface area contributed by atoms with Gasteiger partial charge in [0, 0.05) is 6.42 Å². The van der Waals surface area contributed by atoms with Crippen LogP contribution in [-0.4, -0.2) is 0 Å². The predicted molar refractivity (Wildman–Crippen MR) is 97.1 cm³/mol. The van der Waals surface area contributed by atoms with E-state index >= 15 is 0 Å². The molecule has 0 aliphatic rings. The summed E-state index contributed by atoms with van der Waals surface area (Å²) in [6.45, 7) is 0. The number of benzene rings is 3. The molecular weight excluding hydrogens is 264 g/mol. The molecule has 0 aromatic heterocycles. The Morgan fingerprint density at radius 3 is 2.27 bits per heavy atom. The SMILES string of the molecule is C#CCCCCCCc1cccc2cc3ccccc3cc12. The second kappa shape index (κ2) is 7.14. The Balaban J connectivity index is 1.78. The minimum Gasteiger partial charge on any atom is -0.120 e. The number of terminal acetylenes is 1. The smallest absolute Gasteiger partial charge is 0.00860 e. The molecule has 0 fully saturated rings. The Hall–Kier alpha value is -2.26. The third-order valence-electron chi connectivity index (χ3n) is 4.35. The molecule has 0 heterocycles. The molecule has 0 aliphatic carbocycles. The average Bonchev–Trinajstić information content (AvgIpc) is 2.56. The standard InChI is InChI=1S/C22H22/c1-2-3-4-5-6-7-11-18-14-10-15-21-16-19-12-8-9-13-20(19)17-22(18)21/h1,8-10,12-17H,3-7,11H2. The normalized spacial score (nSPS) is 10.9. The second-order valence-corrected chi connectivity index (χ2v) is 5.96. The van der Waals surface area contributed by atoms with E-state index in [4.69, 9.17) is 6.42 Å². The van der Waals surface area contributed by atoms with Crippen LogP contribution in [0.25, 0.3) is 21.5 Å². The van der Waals surface area contributed by atoms with E-state index in [2.05, 4.69) is 60.5 Å². The first-order valence-electron chi connectivity index (χ1n) is 8.22. The Bertz CT molecular complexity index is 805. The molecule has 0 bridgehead atoms. The van der Waals surface area contributed by atoms with Crippen LogP contribution in [0.3, 0.4) is 0 Å². The van der Waals surface area contributed by atoms with Crippen molar-refractivity contribution in [3.8, 4) is 12.3 Å². The van der Waals surface area contributed by atoms with Crippen LogP contribution >= 0.6 is 0 Å². The van der Waals surface area contributed by atoms with E-state index in [9.17, 15) is 0 Å². The molecule has 3 rings (SSSR count). The summed E-state index contributed by atoms with van der Waals surface area (Å²) in [4.78, 5) is 0. The lowest BCUT2D eigenvalue weighted by Gasteiger charge is -2.08. The van der Waals surface area contributed by atoms with Crippen molar-refractivity contribution in [1.82, 2.24) is 0 Å². The molecule has 0 saturated heterocycles. The first-order chi connectivity index (χ1) is 10.9. The summed E-state index contributed by atoms with van der Waals surface area (Å²) in [6.07, 6.45) is 12.3. The Kier molecular flexibility index (Phi) is 4.76. The Morgan fingerprint density at radius 2 is 1.45 bits per heavy atom. The minimum atomic E-state index is 0.917. The quantitative estimate of drug-likeness (QED) is 0.291. The van der Waals surface area contributed by atoms with Gasteiger partial charge in [0.2, 0.25) is 0 Å². The number of fused-ring (bicyclic) bond motifs is 2. The van der Waals surface area contributed by atoms with E-state index in [-0.39, 0.29) is 0 Å². The zero-order valence-electron chi connectivity index (χ0n) is 13.0. The molecular formula is C22H22. The van der Waals surface area contributed by atoms with Crippen molar-refractivity contribution in [2.45, 2.75) is 38.5 Å². The molecule has 110 valence electrons. The van der Waals surface area contributed by atoms with Crippen molar-refractivity contribution in [2.75, 3.05) is 0 Å². The molecule has 3 aromatic rings. The summed E-state index contributed by atoms with van der Waals surface area (Å²) in [6, 6.07) is 19.9. The highest BCUT2D eigenvalue weighted by molar-refractivity contribution is 5.99. The molecule has 0 aliphatic heterocycles. The summed E-state index contributed by atoms with van der Waals surface area (Å²) >= 11 is 0. The molecule has 3 aromatic carbocycles. The van der Waals surface area contributed by atoms with E-state index in [1.165, 1.54) is 46.4 Å². The second-order valence-electron chi connectivity index (χ2n) is 5.96. The summed E-state index contributed by atoms with van der Waals surface area (Å²) in [7, 11) is 0. The van der Waals surface area contributed by atoms with E-state index < -0.39 is 0 Å². The molecule has 0 spiro atoms. The van der Waals surface area contributed by atoms with Crippen molar-refractivity contribution in [2.24, 2.45) is 0 Å². The van der Waals surface area contributed by atoms with Crippen molar-refractivity contribution < 1.29 is 0 Å². The highest BCUT2D eigenvalue weighted by Crippen LogP contribution is 2.26. The molecule has 0 saturated carbocycles. The minimum absolute atomic E-state index is 0.917. The summed E-state index contributed by atoms with van der Waals surface area (Å²) < 4.78 is 0. The molecule has 0 N–H and O–H groups in total. The maximum atomic E-state index is 5.29. The van der Waals surface area contributed by atoms with Gasteiger partial charge in [0.1, 0.15) is 0 Å². The lowest BCUT2D eigenvalue weighted by Crippen LogP contribution is -1.89. The molecule has 0 heteroatoms. The third-order valence-corrected chi connectivity index (χ3v) is 4.35. The van der Waals surface area contributed by atoms with Gasteiger partial charge in [-0.15, -0.1) is 12.3 Å². The molecule has 0 nitrogen and oxygen atoms in total. The number of rotatable bonds is 6. The van der Waals surface area contributed by atoms with Gasteiger partial charge in [0.15, 0.2) is 0 Å². The van der Waals surface area contributed by atoms with Gasteiger partial charge < -0.3 is 0 Å². The van der Waals surface area contributed by atoms with Gasteiger partial charge >= 0.3 is 0 Å². The van der Waals surface area contributed by atoms with Crippen molar-refractivity contribution in [3.63, 3.8) is 0 Å². The molecule has 22 heavy (non-hydrogen) atoms.